The van der Waals surface area contributed by atoms with Crippen LogP contribution in [0.25, 0.3) is 11.3 Å². The summed E-state index contributed by atoms with van der Waals surface area (Å²) in [5, 5.41) is 12.7. The second-order valence-corrected chi connectivity index (χ2v) is 8.24. The summed E-state index contributed by atoms with van der Waals surface area (Å²) < 4.78 is 5.62. The number of ether oxygens (including phenoxy) is 1. The molecule has 3 aromatic heterocycles. The first-order valence-corrected chi connectivity index (χ1v) is 10.8. The zero-order valence-electron chi connectivity index (χ0n) is 16.6. The van der Waals surface area contributed by atoms with E-state index in [-0.39, 0.29) is 5.91 Å². The molecule has 0 fully saturated rings. The highest BCUT2D eigenvalue weighted by Gasteiger charge is 2.18. The molecule has 1 aromatic carbocycles. The van der Waals surface area contributed by atoms with Gasteiger partial charge in [-0.05, 0) is 24.5 Å². The highest BCUT2D eigenvalue weighted by atomic mass is 32.1. The van der Waals surface area contributed by atoms with Crippen LogP contribution in [0.5, 0.6) is 5.75 Å². The topological polar surface area (TPSA) is 105 Å². The lowest BCUT2D eigenvalue weighted by atomic mass is 10.1. The Balaban J connectivity index is 1.22. The molecule has 0 aliphatic carbocycles. The lowest BCUT2D eigenvalue weighted by Gasteiger charge is -2.11. The second-order valence-electron chi connectivity index (χ2n) is 7.11. The van der Waals surface area contributed by atoms with Crippen molar-refractivity contribution in [2.45, 2.75) is 19.4 Å². The minimum absolute atomic E-state index is 0.0714. The molecule has 0 saturated heterocycles. The number of fused-ring (bicyclic) bond motifs is 1. The third-order valence-corrected chi connectivity index (χ3v) is 6.09. The first-order chi connectivity index (χ1) is 15.2. The average Bonchev–Trinajstić information content (AvgIpc) is 3.48. The molecule has 1 amide bonds. The Morgan fingerprint density at radius 3 is 2.94 bits per heavy atom. The largest absolute Gasteiger partial charge is 0.492 e. The summed E-state index contributed by atoms with van der Waals surface area (Å²) in [5.74, 6) is 1.29. The third-order valence-electron chi connectivity index (χ3n) is 4.91. The van der Waals surface area contributed by atoms with E-state index in [9.17, 15) is 4.79 Å². The van der Waals surface area contributed by atoms with Gasteiger partial charge in [-0.2, -0.15) is 5.10 Å². The molecule has 3 N–H and O–H groups in total. The zero-order valence-corrected chi connectivity index (χ0v) is 17.4. The number of aromatic amines is 1. The quantitative estimate of drug-likeness (QED) is 0.426. The van der Waals surface area contributed by atoms with Crippen LogP contribution >= 0.6 is 11.3 Å². The number of rotatable bonds is 6. The van der Waals surface area contributed by atoms with Gasteiger partial charge in [-0.25, -0.2) is 9.97 Å². The van der Waals surface area contributed by atoms with E-state index in [0.29, 0.717) is 17.4 Å². The van der Waals surface area contributed by atoms with Gasteiger partial charge in [-0.3, -0.25) is 9.89 Å². The molecule has 0 spiro atoms. The van der Waals surface area contributed by atoms with E-state index in [1.54, 1.807) is 18.6 Å². The standard InChI is InChI=1S/C22H20N6O2S/c29-21(20-10-18-19(31-20)2-1-9-30-18)24-11-14-3-5-15(6-4-14)17-7-8-23-22(28-17)27-16-12-25-26-13-16/h3-8,10,12-13H,1-2,9,11H2,(H,24,29)(H,25,26)(H,23,27,28). The van der Waals surface area contributed by atoms with Gasteiger partial charge in [-0.1, -0.05) is 24.3 Å². The molecule has 4 heterocycles. The fourth-order valence-electron chi connectivity index (χ4n) is 3.33. The van der Waals surface area contributed by atoms with E-state index < -0.39 is 0 Å². The van der Waals surface area contributed by atoms with Crippen molar-refractivity contribution in [1.29, 1.82) is 0 Å². The van der Waals surface area contributed by atoms with Crippen LogP contribution in [0.3, 0.4) is 0 Å². The molecular formula is C22H20N6O2S. The molecule has 0 bridgehead atoms. The molecule has 1 aliphatic rings. The number of amides is 1. The number of hydrogen-bond acceptors (Lipinski definition) is 7. The maximum atomic E-state index is 12.5. The van der Waals surface area contributed by atoms with E-state index in [1.807, 2.05) is 36.4 Å². The molecule has 0 unspecified atom stereocenters. The van der Waals surface area contributed by atoms with Crippen LogP contribution in [0.4, 0.5) is 11.6 Å². The summed E-state index contributed by atoms with van der Waals surface area (Å²) in [6, 6.07) is 11.7. The summed E-state index contributed by atoms with van der Waals surface area (Å²) in [7, 11) is 0. The lowest BCUT2D eigenvalue weighted by molar-refractivity contribution is 0.0954. The highest BCUT2D eigenvalue weighted by Crippen LogP contribution is 2.33. The molecule has 0 atom stereocenters. The Labute approximate surface area is 182 Å². The molecule has 5 rings (SSSR count). The first kappa shape index (κ1) is 19.3. The van der Waals surface area contributed by atoms with Gasteiger partial charge in [0.05, 0.1) is 29.1 Å². The van der Waals surface area contributed by atoms with Crippen molar-refractivity contribution in [3.63, 3.8) is 0 Å². The third kappa shape index (κ3) is 4.41. The second kappa shape index (κ2) is 8.57. The van der Waals surface area contributed by atoms with Crippen molar-refractivity contribution < 1.29 is 9.53 Å². The molecule has 8 nitrogen and oxygen atoms in total. The minimum Gasteiger partial charge on any atom is -0.492 e. The average molecular weight is 433 g/mol. The van der Waals surface area contributed by atoms with Crippen LogP contribution in [0, 0.1) is 0 Å². The van der Waals surface area contributed by atoms with E-state index in [1.165, 1.54) is 11.3 Å². The van der Waals surface area contributed by atoms with Crippen LogP contribution in [0.15, 0.2) is 55.0 Å². The van der Waals surface area contributed by atoms with Gasteiger partial charge in [0, 0.05) is 35.4 Å². The summed E-state index contributed by atoms with van der Waals surface area (Å²) in [4.78, 5) is 23.2. The van der Waals surface area contributed by atoms with Crippen molar-refractivity contribution in [2.24, 2.45) is 0 Å². The maximum absolute atomic E-state index is 12.5. The van der Waals surface area contributed by atoms with Gasteiger partial charge in [0.15, 0.2) is 0 Å². The normalized spacial score (nSPS) is 12.6. The molecular weight excluding hydrogens is 412 g/mol. The number of carbonyl (C=O) groups is 1. The number of aryl methyl sites for hydroxylation is 1. The molecule has 1 aliphatic heterocycles. The number of anilines is 2. The Hall–Kier alpha value is -3.72. The van der Waals surface area contributed by atoms with Gasteiger partial charge in [0.1, 0.15) is 5.75 Å². The zero-order chi connectivity index (χ0) is 21.0. The minimum atomic E-state index is -0.0714. The lowest BCUT2D eigenvalue weighted by Crippen LogP contribution is -2.21. The first-order valence-electron chi connectivity index (χ1n) is 9.96. The molecule has 31 heavy (non-hydrogen) atoms. The SMILES string of the molecule is O=C(NCc1ccc(-c2ccnc(Nc3cn[nH]c3)n2)cc1)c1cc2c(s1)CCCO2. The number of nitrogens with zero attached hydrogens (tertiary/aromatic N) is 3. The van der Waals surface area contributed by atoms with E-state index in [0.717, 1.165) is 52.6 Å². The highest BCUT2D eigenvalue weighted by molar-refractivity contribution is 7.14. The molecule has 156 valence electrons. The van der Waals surface area contributed by atoms with E-state index in [4.69, 9.17) is 4.74 Å². The summed E-state index contributed by atoms with van der Waals surface area (Å²) >= 11 is 1.52. The van der Waals surface area contributed by atoms with Crippen LogP contribution in [-0.4, -0.2) is 32.7 Å². The Bertz CT molecular complexity index is 1160. The van der Waals surface area contributed by atoms with E-state index in [2.05, 4.69) is 30.8 Å². The van der Waals surface area contributed by atoms with Gasteiger partial charge >= 0.3 is 0 Å². The van der Waals surface area contributed by atoms with Crippen LogP contribution in [0.2, 0.25) is 0 Å². The Morgan fingerprint density at radius 1 is 1.23 bits per heavy atom. The number of hydrogen-bond donors (Lipinski definition) is 3. The smallest absolute Gasteiger partial charge is 0.261 e. The molecule has 0 radical (unpaired) electrons. The number of thiophene rings is 1. The molecule has 9 heteroatoms. The van der Waals surface area contributed by atoms with E-state index >= 15 is 0 Å². The van der Waals surface area contributed by atoms with Gasteiger partial charge in [0.25, 0.3) is 5.91 Å². The van der Waals surface area contributed by atoms with Crippen molar-refractivity contribution >= 4 is 28.9 Å². The van der Waals surface area contributed by atoms with Crippen molar-refractivity contribution in [3.8, 4) is 17.0 Å². The number of H-pyrrole nitrogens is 1. The Morgan fingerprint density at radius 2 is 2.13 bits per heavy atom. The van der Waals surface area contributed by atoms with Gasteiger partial charge in [-0.15, -0.1) is 11.3 Å². The molecule has 0 saturated carbocycles. The van der Waals surface area contributed by atoms with Crippen molar-refractivity contribution in [3.05, 3.63) is 70.3 Å². The maximum Gasteiger partial charge on any atom is 0.261 e. The number of benzene rings is 1. The predicted octanol–water partition coefficient (Wildman–Crippen LogP) is 3.93. The fourth-order valence-corrected chi connectivity index (χ4v) is 4.39. The van der Waals surface area contributed by atoms with Crippen LogP contribution in [-0.2, 0) is 13.0 Å². The fraction of sp³-hybridized carbons (Fsp3) is 0.182. The number of nitrogens with one attached hydrogen (secondary N) is 3. The Kier molecular flexibility index (Phi) is 5.32. The van der Waals surface area contributed by atoms with Gasteiger partial charge in [0.2, 0.25) is 5.95 Å². The summed E-state index contributed by atoms with van der Waals surface area (Å²) in [6.07, 6.45) is 7.10. The van der Waals surface area contributed by atoms with Crippen molar-refractivity contribution in [1.82, 2.24) is 25.5 Å². The van der Waals surface area contributed by atoms with Crippen LogP contribution in [0.1, 0.15) is 26.5 Å². The number of aromatic nitrogens is 4. The number of carbonyl (C=O) groups excluding carboxylic acids is 1. The summed E-state index contributed by atoms with van der Waals surface area (Å²) in [5.41, 5.74) is 3.58. The monoisotopic (exact) mass is 432 g/mol. The van der Waals surface area contributed by atoms with Gasteiger partial charge < -0.3 is 15.4 Å². The summed E-state index contributed by atoms with van der Waals surface area (Å²) in [6.45, 7) is 1.18. The predicted molar refractivity (Wildman–Crippen MR) is 119 cm³/mol. The van der Waals surface area contributed by atoms with Crippen LogP contribution < -0.4 is 15.4 Å². The molecule has 4 aromatic rings. The van der Waals surface area contributed by atoms with Crippen molar-refractivity contribution in [2.75, 3.05) is 11.9 Å².